The zero-order valence-electron chi connectivity index (χ0n) is 7.38. The monoisotopic (exact) mass is 307 g/mol. The van der Waals surface area contributed by atoms with Crippen LogP contribution in [-0.4, -0.2) is 18.7 Å². The van der Waals surface area contributed by atoms with Gasteiger partial charge in [-0.1, -0.05) is 15.9 Å². The van der Waals surface area contributed by atoms with Crippen molar-refractivity contribution in [3.05, 3.63) is 28.7 Å². The van der Waals surface area contributed by atoms with Gasteiger partial charge in [0.05, 0.1) is 0 Å². The predicted octanol–water partition coefficient (Wildman–Crippen LogP) is 2.22. The smallest absolute Gasteiger partial charge is 0.268 e. The molecule has 0 atom stereocenters. The minimum absolute atomic E-state index is 0.0428. The van der Waals surface area contributed by atoms with Crippen LogP contribution in [0.3, 0.4) is 0 Å². The molecule has 1 heterocycles. The van der Waals surface area contributed by atoms with Crippen molar-refractivity contribution >= 4 is 42.9 Å². The van der Waals surface area contributed by atoms with E-state index in [2.05, 4.69) is 20.3 Å². The second-order valence-electron chi connectivity index (χ2n) is 2.76. The number of ether oxygens (including phenoxy) is 1. The van der Waals surface area contributed by atoms with E-state index in [1.165, 1.54) is 0 Å². The van der Waals surface area contributed by atoms with Crippen LogP contribution in [0.4, 0.5) is 0 Å². The van der Waals surface area contributed by atoms with Gasteiger partial charge in [-0.15, -0.1) is 4.40 Å². The largest absolute Gasteiger partial charge is 0.433 e. The Bertz CT molecular complexity index is 495. The number of hydrogen-bond donors (Lipinski definition) is 0. The quantitative estimate of drug-likeness (QED) is 0.798. The molecule has 0 bridgehead atoms. The molecular formula is C8H6BrNO3S2. The van der Waals surface area contributed by atoms with Crippen molar-refractivity contribution in [1.82, 2.24) is 0 Å². The predicted molar refractivity (Wildman–Crippen MR) is 63.6 cm³/mol. The highest BCUT2D eigenvalue weighted by Crippen LogP contribution is 2.23. The number of nitrogens with zero attached hydrogens (tertiary/aromatic N) is 1. The van der Waals surface area contributed by atoms with Crippen LogP contribution >= 0.6 is 27.7 Å². The molecule has 80 valence electrons. The second-order valence-corrected chi connectivity index (χ2v) is 6.60. The van der Waals surface area contributed by atoms with Crippen molar-refractivity contribution in [2.24, 2.45) is 4.40 Å². The summed E-state index contributed by atoms with van der Waals surface area (Å²) >= 11 is 4.37. The first kappa shape index (κ1) is 11.0. The average molecular weight is 308 g/mol. The zero-order chi connectivity index (χ0) is 10.9. The Morgan fingerprint density at radius 2 is 2.00 bits per heavy atom. The Hall–Kier alpha value is -0.530. The molecule has 0 amide bonds. The molecule has 1 aliphatic rings. The maximum atomic E-state index is 11.0. The lowest BCUT2D eigenvalue weighted by Crippen LogP contribution is -2.00. The van der Waals surface area contributed by atoms with Crippen molar-refractivity contribution in [3.8, 4) is 5.75 Å². The third kappa shape index (κ3) is 2.96. The van der Waals surface area contributed by atoms with Crippen LogP contribution in [-0.2, 0) is 10.0 Å². The average Bonchev–Trinajstić information content (AvgIpc) is 2.50. The molecule has 2 rings (SSSR count). The fourth-order valence-corrected chi connectivity index (χ4v) is 3.39. The normalized spacial score (nSPS) is 18.6. The minimum Gasteiger partial charge on any atom is -0.433 e. The number of benzene rings is 1. The molecule has 7 heteroatoms. The summed E-state index contributed by atoms with van der Waals surface area (Å²) in [6.07, 6.45) is 0. The third-order valence-electron chi connectivity index (χ3n) is 1.56. The summed E-state index contributed by atoms with van der Waals surface area (Å²) in [5.74, 6) is 0.571. The highest BCUT2D eigenvalue weighted by molar-refractivity contribution is 9.10. The molecule has 0 aromatic heterocycles. The van der Waals surface area contributed by atoms with E-state index in [0.717, 1.165) is 16.2 Å². The first-order valence-electron chi connectivity index (χ1n) is 3.94. The molecule has 1 aromatic carbocycles. The Morgan fingerprint density at radius 1 is 1.33 bits per heavy atom. The van der Waals surface area contributed by atoms with Gasteiger partial charge in [0.1, 0.15) is 10.8 Å². The summed E-state index contributed by atoms with van der Waals surface area (Å²) in [6.45, 7) is 0. The molecule has 0 radical (unpaired) electrons. The number of hydrogen-bond acceptors (Lipinski definition) is 4. The molecule has 0 unspecified atom stereocenters. The molecule has 0 spiro atoms. The fourth-order valence-electron chi connectivity index (χ4n) is 0.943. The fraction of sp³-hybridized carbons (Fsp3) is 0.125. The summed E-state index contributed by atoms with van der Waals surface area (Å²) in [6, 6.07) is 7.09. The van der Waals surface area contributed by atoms with E-state index in [0.29, 0.717) is 5.75 Å². The van der Waals surface area contributed by atoms with Crippen LogP contribution in [0.1, 0.15) is 0 Å². The molecule has 15 heavy (non-hydrogen) atoms. The van der Waals surface area contributed by atoms with E-state index >= 15 is 0 Å². The van der Waals surface area contributed by atoms with E-state index in [1.807, 2.05) is 12.1 Å². The standard InChI is InChI=1S/C8H6BrNO3S2/c9-6-1-3-7(4-2-6)13-8-10-15(11,12)5-14-8/h1-4H,5H2. The molecule has 0 fully saturated rings. The third-order valence-corrected chi connectivity index (χ3v) is 4.74. The van der Waals surface area contributed by atoms with Crippen LogP contribution in [0.2, 0.25) is 0 Å². The van der Waals surface area contributed by atoms with E-state index < -0.39 is 10.0 Å². The van der Waals surface area contributed by atoms with Crippen molar-refractivity contribution < 1.29 is 13.2 Å². The van der Waals surface area contributed by atoms with Crippen LogP contribution in [0.15, 0.2) is 33.1 Å². The summed E-state index contributed by atoms with van der Waals surface area (Å²) in [7, 11) is -3.31. The van der Waals surface area contributed by atoms with Gasteiger partial charge < -0.3 is 4.74 Å². The Labute approximate surface area is 99.9 Å². The highest BCUT2D eigenvalue weighted by atomic mass is 79.9. The molecule has 0 saturated carbocycles. The topological polar surface area (TPSA) is 55.7 Å². The van der Waals surface area contributed by atoms with Crippen LogP contribution in [0.25, 0.3) is 0 Å². The van der Waals surface area contributed by atoms with E-state index in [-0.39, 0.29) is 10.3 Å². The van der Waals surface area contributed by atoms with Gasteiger partial charge >= 0.3 is 0 Å². The molecule has 0 saturated heterocycles. The van der Waals surface area contributed by atoms with Crippen molar-refractivity contribution in [1.29, 1.82) is 0 Å². The molecule has 1 aromatic rings. The highest BCUT2D eigenvalue weighted by Gasteiger charge is 2.22. The second kappa shape index (κ2) is 4.15. The van der Waals surface area contributed by atoms with Crippen LogP contribution in [0, 0.1) is 0 Å². The van der Waals surface area contributed by atoms with E-state index in [4.69, 9.17) is 4.74 Å². The summed E-state index contributed by atoms with van der Waals surface area (Å²) in [5, 5.41) is 0.135. The summed E-state index contributed by atoms with van der Waals surface area (Å²) in [4.78, 5) is 0. The van der Waals surface area contributed by atoms with Gasteiger partial charge in [0.15, 0.2) is 0 Å². The Balaban J connectivity index is 2.14. The van der Waals surface area contributed by atoms with Gasteiger partial charge in [0, 0.05) is 4.47 Å². The number of sulfonamides is 1. The lowest BCUT2D eigenvalue weighted by atomic mass is 10.3. The molecule has 0 N–H and O–H groups in total. The lowest BCUT2D eigenvalue weighted by Gasteiger charge is -2.02. The van der Waals surface area contributed by atoms with Gasteiger partial charge in [-0.3, -0.25) is 0 Å². The van der Waals surface area contributed by atoms with Crippen molar-refractivity contribution in [3.63, 3.8) is 0 Å². The van der Waals surface area contributed by atoms with E-state index in [1.54, 1.807) is 12.1 Å². The van der Waals surface area contributed by atoms with E-state index in [9.17, 15) is 8.42 Å². The summed E-state index contributed by atoms with van der Waals surface area (Å²) < 4.78 is 31.6. The maximum Gasteiger partial charge on any atom is 0.268 e. The minimum atomic E-state index is -3.31. The van der Waals surface area contributed by atoms with Gasteiger partial charge in [0.25, 0.3) is 15.3 Å². The van der Waals surface area contributed by atoms with Crippen LogP contribution < -0.4 is 4.74 Å². The number of rotatable bonds is 1. The number of thioether (sulfide) groups is 1. The summed E-state index contributed by atoms with van der Waals surface area (Å²) in [5.41, 5.74) is 0. The Morgan fingerprint density at radius 3 is 2.53 bits per heavy atom. The van der Waals surface area contributed by atoms with Crippen molar-refractivity contribution in [2.45, 2.75) is 0 Å². The first-order chi connectivity index (χ1) is 7.05. The lowest BCUT2D eigenvalue weighted by molar-refractivity contribution is 0.566. The van der Waals surface area contributed by atoms with Gasteiger partial charge in [-0.2, -0.15) is 0 Å². The van der Waals surface area contributed by atoms with Gasteiger partial charge in [0.2, 0.25) is 0 Å². The number of halogens is 1. The maximum absolute atomic E-state index is 11.0. The Kier molecular flexibility index (Phi) is 3.03. The molecule has 1 aliphatic heterocycles. The first-order valence-corrected chi connectivity index (χ1v) is 7.33. The zero-order valence-corrected chi connectivity index (χ0v) is 10.6. The van der Waals surface area contributed by atoms with Crippen LogP contribution in [0.5, 0.6) is 5.75 Å². The SMILES string of the molecule is O=S1(=O)CSC(Oc2ccc(Br)cc2)=N1. The van der Waals surface area contributed by atoms with Crippen molar-refractivity contribution in [2.75, 3.05) is 5.08 Å². The van der Waals surface area contributed by atoms with Gasteiger partial charge in [-0.05, 0) is 36.0 Å². The molecule has 0 aliphatic carbocycles. The van der Waals surface area contributed by atoms with Gasteiger partial charge in [-0.25, -0.2) is 8.42 Å². The molecular weight excluding hydrogens is 302 g/mol. The molecule has 4 nitrogen and oxygen atoms in total.